The van der Waals surface area contributed by atoms with E-state index in [-0.39, 0.29) is 11.9 Å². The van der Waals surface area contributed by atoms with E-state index in [4.69, 9.17) is 4.74 Å². The lowest BCUT2D eigenvalue weighted by molar-refractivity contribution is -0.125. The second kappa shape index (κ2) is 8.85. The van der Waals surface area contributed by atoms with Gasteiger partial charge in [0.1, 0.15) is 5.75 Å². The van der Waals surface area contributed by atoms with Crippen LogP contribution in [0.1, 0.15) is 18.1 Å². The first kappa shape index (κ1) is 18.5. The topological polar surface area (TPSA) is 41.6 Å². The predicted octanol–water partition coefficient (Wildman–Crippen LogP) is 3.59. The van der Waals surface area contributed by atoms with Gasteiger partial charge in [-0.3, -0.25) is 9.69 Å². The quantitative estimate of drug-likeness (QED) is 0.784. The van der Waals surface area contributed by atoms with Crippen LogP contribution in [0.15, 0.2) is 53.0 Å². The summed E-state index contributed by atoms with van der Waals surface area (Å²) in [6.07, 6.45) is 0. The van der Waals surface area contributed by atoms with Gasteiger partial charge in [-0.15, -0.1) is 0 Å². The van der Waals surface area contributed by atoms with Crippen molar-refractivity contribution in [2.75, 3.05) is 14.2 Å². The van der Waals surface area contributed by atoms with E-state index in [0.717, 1.165) is 22.3 Å². The second-order valence-electron chi connectivity index (χ2n) is 5.78. The number of rotatable bonds is 7. The molecule has 1 N–H and O–H groups in total. The highest BCUT2D eigenvalue weighted by Crippen LogP contribution is 2.13. The summed E-state index contributed by atoms with van der Waals surface area (Å²) in [5, 5.41) is 2.98. The lowest BCUT2D eigenvalue weighted by atomic mass is 10.1. The summed E-state index contributed by atoms with van der Waals surface area (Å²) in [5.74, 6) is 0.832. The van der Waals surface area contributed by atoms with Gasteiger partial charge in [-0.05, 0) is 49.4 Å². The fourth-order valence-corrected chi connectivity index (χ4v) is 2.56. The SMILES string of the molecule is COc1ccc(CNC(=O)[C@@H](C)N(C)Cc2ccc(Br)cc2)cc1. The Labute approximate surface area is 151 Å². The van der Waals surface area contributed by atoms with Crippen LogP contribution in [0.3, 0.4) is 0 Å². The zero-order valence-electron chi connectivity index (χ0n) is 14.3. The van der Waals surface area contributed by atoms with Gasteiger partial charge in [-0.2, -0.15) is 0 Å². The molecule has 128 valence electrons. The van der Waals surface area contributed by atoms with Crippen molar-refractivity contribution in [1.82, 2.24) is 10.2 Å². The summed E-state index contributed by atoms with van der Waals surface area (Å²) < 4.78 is 6.19. The molecule has 0 bridgehead atoms. The van der Waals surface area contributed by atoms with E-state index in [9.17, 15) is 4.79 Å². The first-order chi connectivity index (χ1) is 11.5. The van der Waals surface area contributed by atoms with Crippen LogP contribution in [0, 0.1) is 0 Å². The van der Waals surface area contributed by atoms with Gasteiger partial charge in [0.05, 0.1) is 13.2 Å². The Hall–Kier alpha value is -1.85. The van der Waals surface area contributed by atoms with Crippen molar-refractivity contribution in [3.05, 3.63) is 64.1 Å². The minimum Gasteiger partial charge on any atom is -0.497 e. The van der Waals surface area contributed by atoms with E-state index in [0.29, 0.717) is 6.54 Å². The molecule has 2 aromatic carbocycles. The summed E-state index contributed by atoms with van der Waals surface area (Å²) in [6, 6.07) is 15.6. The number of carbonyl (C=O) groups excluding carboxylic acids is 1. The molecule has 2 aromatic rings. The van der Waals surface area contributed by atoms with Crippen LogP contribution in [0.5, 0.6) is 5.75 Å². The Kier molecular flexibility index (Phi) is 6.82. The summed E-state index contributed by atoms with van der Waals surface area (Å²) >= 11 is 3.43. The molecule has 0 radical (unpaired) electrons. The first-order valence-electron chi connectivity index (χ1n) is 7.85. The third kappa shape index (κ3) is 5.35. The van der Waals surface area contributed by atoms with Gasteiger partial charge in [-0.25, -0.2) is 0 Å². The van der Waals surface area contributed by atoms with Gasteiger partial charge in [0.25, 0.3) is 0 Å². The summed E-state index contributed by atoms with van der Waals surface area (Å²) in [4.78, 5) is 14.4. The Morgan fingerprint density at radius 1 is 1.12 bits per heavy atom. The number of benzene rings is 2. The van der Waals surface area contributed by atoms with Gasteiger partial charge in [0.15, 0.2) is 0 Å². The molecule has 0 aliphatic heterocycles. The van der Waals surface area contributed by atoms with E-state index in [1.165, 1.54) is 5.56 Å². The standard InChI is InChI=1S/C19H23BrN2O2/c1-14(22(2)13-16-4-8-17(20)9-5-16)19(23)21-12-15-6-10-18(24-3)11-7-15/h4-11,14H,12-13H2,1-3H3,(H,21,23)/t14-/m1/s1. The van der Waals surface area contributed by atoms with Crippen molar-refractivity contribution < 1.29 is 9.53 Å². The van der Waals surface area contributed by atoms with Gasteiger partial charge in [0, 0.05) is 17.6 Å². The van der Waals surface area contributed by atoms with Crippen LogP contribution < -0.4 is 10.1 Å². The molecule has 1 atom stereocenters. The number of methoxy groups -OCH3 is 1. The molecule has 2 rings (SSSR count). The number of nitrogens with one attached hydrogen (secondary N) is 1. The predicted molar refractivity (Wildman–Crippen MR) is 99.9 cm³/mol. The van der Waals surface area contributed by atoms with Gasteiger partial charge < -0.3 is 10.1 Å². The Morgan fingerprint density at radius 3 is 2.29 bits per heavy atom. The largest absolute Gasteiger partial charge is 0.497 e. The monoisotopic (exact) mass is 390 g/mol. The van der Waals surface area contributed by atoms with Crippen molar-refractivity contribution in [2.45, 2.75) is 26.1 Å². The number of halogens is 1. The highest BCUT2D eigenvalue weighted by Gasteiger charge is 2.17. The maximum atomic E-state index is 12.3. The van der Waals surface area contributed by atoms with Crippen molar-refractivity contribution >= 4 is 21.8 Å². The molecular weight excluding hydrogens is 368 g/mol. The molecule has 0 fully saturated rings. The number of carbonyl (C=O) groups is 1. The number of hydrogen-bond donors (Lipinski definition) is 1. The van der Waals surface area contributed by atoms with Crippen LogP contribution in [0.2, 0.25) is 0 Å². The van der Waals surface area contributed by atoms with E-state index in [1.807, 2.05) is 55.3 Å². The van der Waals surface area contributed by atoms with Gasteiger partial charge >= 0.3 is 0 Å². The minimum atomic E-state index is -0.202. The number of ether oxygens (including phenoxy) is 1. The molecule has 0 heterocycles. The molecule has 5 heteroatoms. The third-order valence-electron chi connectivity index (χ3n) is 4.01. The minimum absolute atomic E-state index is 0.0189. The number of hydrogen-bond acceptors (Lipinski definition) is 3. The molecular formula is C19H23BrN2O2. The molecule has 24 heavy (non-hydrogen) atoms. The summed E-state index contributed by atoms with van der Waals surface area (Å²) in [5.41, 5.74) is 2.22. The molecule has 0 spiro atoms. The molecule has 0 saturated carbocycles. The van der Waals surface area contributed by atoms with Crippen LogP contribution >= 0.6 is 15.9 Å². The first-order valence-corrected chi connectivity index (χ1v) is 8.64. The average molecular weight is 391 g/mol. The second-order valence-corrected chi connectivity index (χ2v) is 6.70. The molecule has 4 nitrogen and oxygen atoms in total. The lowest BCUT2D eigenvalue weighted by Crippen LogP contribution is -2.42. The molecule has 0 aliphatic carbocycles. The van der Waals surface area contributed by atoms with Crippen molar-refractivity contribution in [2.24, 2.45) is 0 Å². The highest BCUT2D eigenvalue weighted by atomic mass is 79.9. The van der Waals surface area contributed by atoms with Crippen LogP contribution in [0.25, 0.3) is 0 Å². The molecule has 0 aliphatic rings. The molecule has 0 saturated heterocycles. The average Bonchev–Trinajstić information content (AvgIpc) is 2.61. The molecule has 0 aromatic heterocycles. The van der Waals surface area contributed by atoms with E-state index in [2.05, 4.69) is 33.4 Å². The summed E-state index contributed by atoms with van der Waals surface area (Å²) in [6.45, 7) is 3.16. The summed E-state index contributed by atoms with van der Waals surface area (Å²) in [7, 11) is 3.60. The third-order valence-corrected chi connectivity index (χ3v) is 4.54. The van der Waals surface area contributed by atoms with E-state index >= 15 is 0 Å². The van der Waals surface area contributed by atoms with Gasteiger partial charge in [-0.1, -0.05) is 40.2 Å². The highest BCUT2D eigenvalue weighted by molar-refractivity contribution is 9.10. The molecule has 1 amide bonds. The Morgan fingerprint density at radius 2 is 1.71 bits per heavy atom. The van der Waals surface area contributed by atoms with Crippen LogP contribution in [0.4, 0.5) is 0 Å². The van der Waals surface area contributed by atoms with Crippen molar-refractivity contribution in [1.29, 1.82) is 0 Å². The van der Waals surface area contributed by atoms with Crippen molar-refractivity contribution in [3.8, 4) is 5.75 Å². The van der Waals surface area contributed by atoms with Gasteiger partial charge in [0.2, 0.25) is 5.91 Å². The fraction of sp³-hybridized carbons (Fsp3) is 0.316. The molecule has 0 unspecified atom stereocenters. The maximum Gasteiger partial charge on any atom is 0.237 e. The maximum absolute atomic E-state index is 12.3. The Balaban J connectivity index is 1.84. The van der Waals surface area contributed by atoms with E-state index in [1.54, 1.807) is 7.11 Å². The zero-order chi connectivity index (χ0) is 17.5. The van der Waals surface area contributed by atoms with Crippen LogP contribution in [-0.4, -0.2) is 31.0 Å². The number of nitrogens with zero attached hydrogens (tertiary/aromatic N) is 1. The Bertz CT molecular complexity index is 656. The number of amides is 1. The smallest absolute Gasteiger partial charge is 0.237 e. The fourth-order valence-electron chi connectivity index (χ4n) is 2.30. The van der Waals surface area contributed by atoms with Crippen molar-refractivity contribution in [3.63, 3.8) is 0 Å². The normalized spacial score (nSPS) is 12.0. The van der Waals surface area contributed by atoms with E-state index < -0.39 is 0 Å². The zero-order valence-corrected chi connectivity index (χ0v) is 15.8. The van der Waals surface area contributed by atoms with Crippen LogP contribution in [-0.2, 0) is 17.9 Å². The lowest BCUT2D eigenvalue weighted by Gasteiger charge is -2.24. The number of likely N-dealkylation sites (N-methyl/N-ethyl adjacent to an activating group) is 1.